The van der Waals surface area contributed by atoms with Gasteiger partial charge in [0.05, 0.1) is 12.3 Å². The highest BCUT2D eigenvalue weighted by molar-refractivity contribution is 5.85. The average molecular weight is 280 g/mol. The lowest BCUT2D eigenvalue weighted by Gasteiger charge is -2.06. The van der Waals surface area contributed by atoms with Crippen molar-refractivity contribution in [1.29, 1.82) is 0 Å². The lowest BCUT2D eigenvalue weighted by Crippen LogP contribution is -2.03. The van der Waals surface area contributed by atoms with Gasteiger partial charge in [0.2, 0.25) is 0 Å². The van der Waals surface area contributed by atoms with Crippen molar-refractivity contribution in [2.24, 2.45) is 5.73 Å². The minimum atomic E-state index is 0. The SMILES string of the molecule is Cl.NCCCCOc1ccc(-c2ccncn2)cc1. The number of nitrogens with zero attached hydrogens (tertiary/aromatic N) is 2. The van der Waals surface area contributed by atoms with Gasteiger partial charge in [0, 0.05) is 11.8 Å². The Labute approximate surface area is 119 Å². The van der Waals surface area contributed by atoms with E-state index in [9.17, 15) is 0 Å². The molecule has 0 amide bonds. The third-order valence-electron chi connectivity index (χ3n) is 2.60. The van der Waals surface area contributed by atoms with Crippen LogP contribution < -0.4 is 10.5 Å². The highest BCUT2D eigenvalue weighted by atomic mass is 35.5. The molecule has 4 nitrogen and oxygen atoms in total. The zero-order valence-corrected chi connectivity index (χ0v) is 11.5. The first-order valence-corrected chi connectivity index (χ1v) is 6.09. The third-order valence-corrected chi connectivity index (χ3v) is 2.60. The standard InChI is InChI=1S/C14H17N3O.ClH/c15-8-1-2-10-18-13-5-3-12(4-6-13)14-7-9-16-11-17-14;/h3-7,9,11H,1-2,8,10,15H2;1H. The highest BCUT2D eigenvalue weighted by Gasteiger charge is 1.99. The summed E-state index contributed by atoms with van der Waals surface area (Å²) in [4.78, 5) is 8.10. The summed E-state index contributed by atoms with van der Waals surface area (Å²) in [6, 6.07) is 9.80. The van der Waals surface area contributed by atoms with Crippen LogP contribution in [0.25, 0.3) is 11.3 Å². The smallest absolute Gasteiger partial charge is 0.119 e. The van der Waals surface area contributed by atoms with Crippen LogP contribution in [0.15, 0.2) is 42.9 Å². The van der Waals surface area contributed by atoms with E-state index in [1.165, 1.54) is 0 Å². The number of hydrogen-bond donors (Lipinski definition) is 1. The van der Waals surface area contributed by atoms with Crippen LogP contribution in [0.5, 0.6) is 5.75 Å². The van der Waals surface area contributed by atoms with E-state index in [2.05, 4.69) is 9.97 Å². The Bertz CT molecular complexity index is 462. The second-order valence-electron chi connectivity index (χ2n) is 3.96. The van der Waals surface area contributed by atoms with Crippen LogP contribution in [0.2, 0.25) is 0 Å². The molecule has 5 heteroatoms. The Hall–Kier alpha value is -1.65. The van der Waals surface area contributed by atoms with E-state index >= 15 is 0 Å². The fraction of sp³-hybridized carbons (Fsp3) is 0.286. The van der Waals surface area contributed by atoms with Crippen LogP contribution in [0.3, 0.4) is 0 Å². The van der Waals surface area contributed by atoms with Crippen molar-refractivity contribution in [3.05, 3.63) is 42.9 Å². The van der Waals surface area contributed by atoms with Gasteiger partial charge in [-0.1, -0.05) is 0 Å². The quantitative estimate of drug-likeness (QED) is 0.826. The van der Waals surface area contributed by atoms with E-state index in [4.69, 9.17) is 10.5 Å². The first-order chi connectivity index (χ1) is 8.90. The van der Waals surface area contributed by atoms with E-state index in [1.807, 2.05) is 30.3 Å². The van der Waals surface area contributed by atoms with Crippen molar-refractivity contribution in [3.8, 4) is 17.0 Å². The van der Waals surface area contributed by atoms with Gasteiger partial charge in [-0.05, 0) is 49.7 Å². The Morgan fingerprint density at radius 1 is 1.05 bits per heavy atom. The topological polar surface area (TPSA) is 61.0 Å². The summed E-state index contributed by atoms with van der Waals surface area (Å²) in [5, 5.41) is 0. The van der Waals surface area contributed by atoms with E-state index in [-0.39, 0.29) is 12.4 Å². The molecule has 2 N–H and O–H groups in total. The summed E-state index contributed by atoms with van der Waals surface area (Å²) >= 11 is 0. The number of ether oxygens (including phenoxy) is 1. The van der Waals surface area contributed by atoms with Crippen molar-refractivity contribution in [2.75, 3.05) is 13.2 Å². The molecule has 102 valence electrons. The van der Waals surface area contributed by atoms with Crippen LogP contribution in [0.4, 0.5) is 0 Å². The van der Waals surface area contributed by atoms with Crippen LogP contribution in [-0.4, -0.2) is 23.1 Å². The molecule has 0 aliphatic heterocycles. The molecule has 1 aromatic carbocycles. The molecule has 0 atom stereocenters. The molecular formula is C14H18ClN3O. The molecule has 0 saturated heterocycles. The molecule has 1 heterocycles. The Morgan fingerprint density at radius 3 is 2.47 bits per heavy atom. The molecule has 0 aliphatic carbocycles. The van der Waals surface area contributed by atoms with Gasteiger partial charge in [0.25, 0.3) is 0 Å². The number of unbranched alkanes of at least 4 members (excludes halogenated alkanes) is 1. The number of benzene rings is 1. The number of aromatic nitrogens is 2. The molecule has 0 saturated carbocycles. The summed E-state index contributed by atoms with van der Waals surface area (Å²) in [5.41, 5.74) is 7.40. The third kappa shape index (κ3) is 4.85. The van der Waals surface area contributed by atoms with E-state index in [1.54, 1.807) is 12.5 Å². The normalized spacial score (nSPS) is 9.74. The van der Waals surface area contributed by atoms with Gasteiger partial charge < -0.3 is 10.5 Å². The Morgan fingerprint density at radius 2 is 1.84 bits per heavy atom. The minimum Gasteiger partial charge on any atom is -0.494 e. The van der Waals surface area contributed by atoms with Crippen LogP contribution >= 0.6 is 12.4 Å². The molecule has 0 unspecified atom stereocenters. The lowest BCUT2D eigenvalue weighted by molar-refractivity contribution is 0.308. The molecule has 0 radical (unpaired) electrons. The number of halogens is 1. The summed E-state index contributed by atoms with van der Waals surface area (Å²) in [6.07, 6.45) is 5.27. The number of nitrogens with two attached hydrogens (primary N) is 1. The van der Waals surface area contributed by atoms with Crippen molar-refractivity contribution in [3.63, 3.8) is 0 Å². The van der Waals surface area contributed by atoms with Crippen molar-refractivity contribution in [2.45, 2.75) is 12.8 Å². The predicted molar refractivity (Wildman–Crippen MR) is 78.5 cm³/mol. The first kappa shape index (κ1) is 15.4. The summed E-state index contributed by atoms with van der Waals surface area (Å²) < 4.78 is 5.61. The second-order valence-corrected chi connectivity index (χ2v) is 3.96. The number of rotatable bonds is 6. The van der Waals surface area contributed by atoms with Crippen LogP contribution in [0.1, 0.15) is 12.8 Å². The Balaban J connectivity index is 0.00000180. The molecule has 0 spiro atoms. The average Bonchev–Trinajstić information content (AvgIpc) is 2.45. The Kier molecular flexibility index (Phi) is 6.85. The molecule has 2 aromatic rings. The van der Waals surface area contributed by atoms with Crippen molar-refractivity contribution >= 4 is 12.4 Å². The maximum Gasteiger partial charge on any atom is 0.119 e. The molecule has 0 bridgehead atoms. The zero-order valence-electron chi connectivity index (χ0n) is 10.7. The van der Waals surface area contributed by atoms with Crippen LogP contribution in [0, 0.1) is 0 Å². The van der Waals surface area contributed by atoms with Gasteiger partial charge in [0.1, 0.15) is 12.1 Å². The summed E-state index contributed by atoms with van der Waals surface area (Å²) in [7, 11) is 0. The maximum atomic E-state index is 5.61. The molecule has 2 rings (SSSR count). The van der Waals surface area contributed by atoms with Crippen molar-refractivity contribution < 1.29 is 4.74 Å². The fourth-order valence-corrected chi connectivity index (χ4v) is 1.62. The van der Waals surface area contributed by atoms with Crippen LogP contribution in [-0.2, 0) is 0 Å². The number of hydrogen-bond acceptors (Lipinski definition) is 4. The molecule has 1 aromatic heterocycles. The fourth-order valence-electron chi connectivity index (χ4n) is 1.62. The predicted octanol–water partition coefficient (Wildman–Crippen LogP) is 2.68. The van der Waals surface area contributed by atoms with Gasteiger partial charge in [-0.25, -0.2) is 9.97 Å². The van der Waals surface area contributed by atoms with E-state index in [0.717, 1.165) is 36.4 Å². The first-order valence-electron chi connectivity index (χ1n) is 6.09. The van der Waals surface area contributed by atoms with Gasteiger partial charge in [-0.2, -0.15) is 0 Å². The zero-order chi connectivity index (χ0) is 12.6. The van der Waals surface area contributed by atoms with Gasteiger partial charge in [-0.15, -0.1) is 12.4 Å². The summed E-state index contributed by atoms with van der Waals surface area (Å²) in [5.74, 6) is 0.879. The van der Waals surface area contributed by atoms with Gasteiger partial charge in [0.15, 0.2) is 0 Å². The largest absolute Gasteiger partial charge is 0.494 e. The molecule has 19 heavy (non-hydrogen) atoms. The second kappa shape index (κ2) is 8.45. The lowest BCUT2D eigenvalue weighted by atomic mass is 10.1. The molecule has 0 fully saturated rings. The molecular weight excluding hydrogens is 262 g/mol. The minimum absolute atomic E-state index is 0. The van der Waals surface area contributed by atoms with E-state index in [0.29, 0.717) is 6.61 Å². The maximum absolute atomic E-state index is 5.61. The van der Waals surface area contributed by atoms with Gasteiger partial charge in [-0.3, -0.25) is 0 Å². The van der Waals surface area contributed by atoms with Crippen molar-refractivity contribution in [1.82, 2.24) is 9.97 Å². The van der Waals surface area contributed by atoms with Gasteiger partial charge >= 0.3 is 0 Å². The molecule has 0 aliphatic rings. The monoisotopic (exact) mass is 279 g/mol. The van der Waals surface area contributed by atoms with E-state index < -0.39 is 0 Å². The highest BCUT2D eigenvalue weighted by Crippen LogP contribution is 2.20. The summed E-state index contributed by atoms with van der Waals surface area (Å²) in [6.45, 7) is 1.43.